The minimum atomic E-state index is -0.907. The largest absolute Gasteiger partial charge is 0.481 e. The third kappa shape index (κ3) is 4.79. The standard InChI is InChI=1S/C27H32N2O5/c1-3-8-18(15-24(30)29-14-13-27(2,17-29)25(31)32)28-26(33)34-16-23-21-11-6-4-9-19(21)20-10-5-7-12-22(20)23/h4-7,9-12,18,23H,3,8,13-17H2,1-2H3,(H,28,33)(H,31,32)/t18-,27?/m1/s1. The number of aliphatic carboxylic acids is 1. The highest BCUT2D eigenvalue weighted by Gasteiger charge is 2.42. The van der Waals surface area contributed by atoms with Gasteiger partial charge in [0, 0.05) is 31.5 Å². The van der Waals surface area contributed by atoms with Crippen LogP contribution < -0.4 is 5.32 Å². The maximum absolute atomic E-state index is 12.8. The quantitative estimate of drug-likeness (QED) is 0.603. The summed E-state index contributed by atoms with van der Waals surface area (Å²) in [4.78, 5) is 38.6. The maximum atomic E-state index is 12.8. The number of hydrogen-bond donors (Lipinski definition) is 2. The third-order valence-corrected chi connectivity index (χ3v) is 7.07. The molecule has 1 unspecified atom stereocenters. The molecule has 0 radical (unpaired) electrons. The number of benzene rings is 2. The van der Waals surface area contributed by atoms with Gasteiger partial charge in [0.05, 0.1) is 5.41 Å². The molecule has 0 saturated carbocycles. The molecule has 2 aromatic carbocycles. The van der Waals surface area contributed by atoms with E-state index in [0.717, 1.165) is 17.5 Å². The van der Waals surface area contributed by atoms with Crippen LogP contribution in [0.15, 0.2) is 48.5 Å². The fourth-order valence-electron chi connectivity index (χ4n) is 5.07. The van der Waals surface area contributed by atoms with Crippen LogP contribution in [0.5, 0.6) is 0 Å². The molecule has 2 atom stereocenters. The number of carboxylic acids is 1. The van der Waals surface area contributed by atoms with Crippen molar-refractivity contribution in [1.82, 2.24) is 10.2 Å². The summed E-state index contributed by atoms with van der Waals surface area (Å²) in [5.41, 5.74) is 3.72. The molecule has 7 heteroatoms. The zero-order chi connectivity index (χ0) is 24.3. The summed E-state index contributed by atoms with van der Waals surface area (Å²) in [6.45, 7) is 4.50. The van der Waals surface area contributed by atoms with Gasteiger partial charge in [-0.25, -0.2) is 4.79 Å². The van der Waals surface area contributed by atoms with Crippen LogP contribution in [0.1, 0.15) is 56.6 Å². The van der Waals surface area contributed by atoms with Crippen LogP contribution in [-0.2, 0) is 14.3 Å². The fourth-order valence-corrected chi connectivity index (χ4v) is 5.07. The number of rotatable bonds is 8. The monoisotopic (exact) mass is 464 g/mol. The van der Waals surface area contributed by atoms with Crippen molar-refractivity contribution in [3.63, 3.8) is 0 Å². The number of hydrogen-bond acceptors (Lipinski definition) is 4. The first kappa shape index (κ1) is 23.8. The molecule has 1 heterocycles. The summed E-state index contributed by atoms with van der Waals surface area (Å²) in [5, 5.41) is 12.3. The minimum Gasteiger partial charge on any atom is -0.481 e. The molecule has 0 aromatic heterocycles. The molecule has 2 aliphatic rings. The summed E-state index contributed by atoms with van der Waals surface area (Å²) < 4.78 is 5.64. The zero-order valence-corrected chi connectivity index (χ0v) is 19.8. The molecule has 2 N–H and O–H groups in total. The first-order valence-corrected chi connectivity index (χ1v) is 11.9. The highest BCUT2D eigenvalue weighted by atomic mass is 16.5. The molecule has 2 amide bonds. The van der Waals surface area contributed by atoms with Crippen molar-refractivity contribution in [1.29, 1.82) is 0 Å². The number of carbonyl (C=O) groups is 3. The Morgan fingerprint density at radius 1 is 1.12 bits per heavy atom. The third-order valence-electron chi connectivity index (χ3n) is 7.07. The first-order chi connectivity index (χ1) is 16.3. The number of carbonyl (C=O) groups excluding carboxylic acids is 2. The van der Waals surface area contributed by atoms with Crippen LogP contribution in [-0.4, -0.2) is 53.7 Å². The lowest BCUT2D eigenvalue weighted by Gasteiger charge is -2.23. The van der Waals surface area contributed by atoms with Gasteiger partial charge in [0.2, 0.25) is 5.91 Å². The van der Waals surface area contributed by atoms with Crippen molar-refractivity contribution < 1.29 is 24.2 Å². The second-order valence-corrected chi connectivity index (χ2v) is 9.59. The molecule has 7 nitrogen and oxygen atoms in total. The Morgan fingerprint density at radius 3 is 2.29 bits per heavy atom. The van der Waals surface area contributed by atoms with E-state index in [9.17, 15) is 19.5 Å². The van der Waals surface area contributed by atoms with Gasteiger partial charge >= 0.3 is 12.1 Å². The molecule has 4 rings (SSSR count). The molecule has 2 aromatic rings. The van der Waals surface area contributed by atoms with Crippen LogP contribution in [0.25, 0.3) is 11.1 Å². The highest BCUT2D eigenvalue weighted by Crippen LogP contribution is 2.44. The van der Waals surface area contributed by atoms with Gasteiger partial charge in [0.1, 0.15) is 6.61 Å². The lowest BCUT2D eigenvalue weighted by Crippen LogP contribution is -2.41. The van der Waals surface area contributed by atoms with Crippen LogP contribution in [0.3, 0.4) is 0 Å². The second kappa shape index (κ2) is 9.87. The Morgan fingerprint density at radius 2 is 1.74 bits per heavy atom. The van der Waals surface area contributed by atoms with E-state index in [-0.39, 0.29) is 37.4 Å². The highest BCUT2D eigenvalue weighted by molar-refractivity contribution is 5.81. The lowest BCUT2D eigenvalue weighted by atomic mass is 9.90. The fraction of sp³-hybridized carbons (Fsp3) is 0.444. The summed E-state index contributed by atoms with van der Waals surface area (Å²) >= 11 is 0. The SMILES string of the molecule is CCC[C@H](CC(=O)N1CCC(C)(C(=O)O)C1)NC(=O)OCC1c2ccccc2-c2ccccc21. The van der Waals surface area contributed by atoms with E-state index in [4.69, 9.17) is 4.74 Å². The average Bonchev–Trinajstić information content (AvgIpc) is 3.37. The van der Waals surface area contributed by atoms with Gasteiger partial charge in [-0.3, -0.25) is 9.59 Å². The number of carboxylic acid groups (broad SMARTS) is 1. The van der Waals surface area contributed by atoms with E-state index in [0.29, 0.717) is 19.4 Å². The molecule has 1 aliphatic carbocycles. The molecule has 0 bridgehead atoms. The first-order valence-electron chi connectivity index (χ1n) is 11.9. The van der Waals surface area contributed by atoms with Crippen molar-refractivity contribution in [2.24, 2.45) is 5.41 Å². The predicted octanol–water partition coefficient (Wildman–Crippen LogP) is 4.41. The number of likely N-dealkylation sites (tertiary alicyclic amines) is 1. The Bertz CT molecular complexity index is 1040. The molecular weight excluding hydrogens is 432 g/mol. The number of nitrogens with one attached hydrogen (secondary N) is 1. The van der Waals surface area contributed by atoms with E-state index >= 15 is 0 Å². The Labute approximate surface area is 200 Å². The summed E-state index contributed by atoms with van der Waals surface area (Å²) in [5.74, 6) is -1.05. The van der Waals surface area contributed by atoms with E-state index in [2.05, 4.69) is 29.6 Å². The van der Waals surface area contributed by atoms with E-state index in [1.807, 2.05) is 31.2 Å². The number of ether oxygens (including phenoxy) is 1. The predicted molar refractivity (Wildman–Crippen MR) is 128 cm³/mol. The zero-order valence-electron chi connectivity index (χ0n) is 19.8. The van der Waals surface area contributed by atoms with Crippen molar-refractivity contribution in [3.05, 3.63) is 59.7 Å². The molecular formula is C27H32N2O5. The Balaban J connectivity index is 1.35. The molecule has 1 fully saturated rings. The van der Waals surface area contributed by atoms with Crippen molar-refractivity contribution in [3.8, 4) is 11.1 Å². The maximum Gasteiger partial charge on any atom is 0.407 e. The molecule has 180 valence electrons. The van der Waals surface area contributed by atoms with Crippen molar-refractivity contribution in [2.45, 2.75) is 51.5 Å². The van der Waals surface area contributed by atoms with Crippen molar-refractivity contribution in [2.75, 3.05) is 19.7 Å². The van der Waals surface area contributed by atoms with Crippen LogP contribution in [0.2, 0.25) is 0 Å². The average molecular weight is 465 g/mol. The normalized spacial score (nSPS) is 19.9. The van der Waals surface area contributed by atoms with Gasteiger partial charge in [-0.2, -0.15) is 0 Å². The smallest absolute Gasteiger partial charge is 0.407 e. The topological polar surface area (TPSA) is 95.9 Å². The molecule has 34 heavy (non-hydrogen) atoms. The minimum absolute atomic E-state index is 0.0253. The van der Waals surface area contributed by atoms with E-state index in [1.54, 1.807) is 11.8 Å². The van der Waals surface area contributed by atoms with Gasteiger partial charge in [0.25, 0.3) is 0 Å². The van der Waals surface area contributed by atoms with Crippen LogP contribution in [0.4, 0.5) is 4.79 Å². The van der Waals surface area contributed by atoms with E-state index in [1.165, 1.54) is 11.1 Å². The van der Waals surface area contributed by atoms with Gasteiger partial charge in [-0.15, -0.1) is 0 Å². The van der Waals surface area contributed by atoms with Gasteiger partial charge < -0.3 is 20.1 Å². The lowest BCUT2D eigenvalue weighted by molar-refractivity contribution is -0.147. The van der Waals surface area contributed by atoms with Crippen LogP contribution >= 0.6 is 0 Å². The summed E-state index contributed by atoms with van der Waals surface area (Å²) in [7, 11) is 0. The summed E-state index contributed by atoms with van der Waals surface area (Å²) in [6.07, 6.45) is 1.47. The van der Waals surface area contributed by atoms with Crippen LogP contribution in [0, 0.1) is 5.41 Å². The number of nitrogens with zero attached hydrogens (tertiary/aromatic N) is 1. The van der Waals surface area contributed by atoms with Gasteiger partial charge in [-0.1, -0.05) is 61.9 Å². The Hall–Kier alpha value is -3.35. The number of alkyl carbamates (subject to hydrolysis) is 1. The Kier molecular flexibility index (Phi) is 6.91. The van der Waals surface area contributed by atoms with E-state index < -0.39 is 17.5 Å². The van der Waals surface area contributed by atoms with Crippen molar-refractivity contribution >= 4 is 18.0 Å². The molecule has 0 spiro atoms. The number of fused-ring (bicyclic) bond motifs is 3. The van der Waals surface area contributed by atoms with Gasteiger partial charge in [-0.05, 0) is 42.0 Å². The summed E-state index contributed by atoms with van der Waals surface area (Å²) in [6, 6.07) is 16.0. The molecule has 1 aliphatic heterocycles. The van der Waals surface area contributed by atoms with Gasteiger partial charge in [0.15, 0.2) is 0 Å². The second-order valence-electron chi connectivity index (χ2n) is 9.59. The number of amides is 2. The molecule has 1 saturated heterocycles.